The van der Waals surface area contributed by atoms with Gasteiger partial charge in [-0.1, -0.05) is 18.5 Å². The molecule has 1 aromatic carbocycles. The Bertz CT molecular complexity index is 653. The van der Waals surface area contributed by atoms with Crippen LogP contribution in [0.25, 0.3) is 5.69 Å². The second kappa shape index (κ2) is 5.40. The van der Waals surface area contributed by atoms with Crippen LogP contribution < -0.4 is 10.4 Å². The van der Waals surface area contributed by atoms with Crippen LogP contribution in [0.3, 0.4) is 0 Å². The zero-order valence-corrected chi connectivity index (χ0v) is 11.2. The van der Waals surface area contributed by atoms with Crippen LogP contribution in [-0.2, 0) is 6.54 Å². The van der Waals surface area contributed by atoms with Gasteiger partial charge in [0.1, 0.15) is 0 Å². The molecule has 1 heterocycles. The average Bonchev–Trinajstić information content (AvgIpc) is 2.72. The summed E-state index contributed by atoms with van der Waals surface area (Å²) < 4.78 is 20.5. The van der Waals surface area contributed by atoms with Crippen molar-refractivity contribution in [1.29, 1.82) is 0 Å². The van der Waals surface area contributed by atoms with E-state index in [0.717, 1.165) is 17.2 Å². The van der Waals surface area contributed by atoms with Gasteiger partial charge in [0.05, 0.1) is 17.8 Å². The van der Waals surface area contributed by atoms with Gasteiger partial charge in [0.25, 0.3) is 0 Å². The van der Waals surface area contributed by atoms with Crippen LogP contribution in [-0.4, -0.2) is 26.9 Å². The zero-order valence-electron chi connectivity index (χ0n) is 10.4. The molecule has 0 saturated heterocycles. The molecule has 0 aliphatic rings. The first-order valence-electron chi connectivity index (χ1n) is 5.64. The lowest BCUT2D eigenvalue weighted by Gasteiger charge is -2.06. The highest BCUT2D eigenvalue weighted by molar-refractivity contribution is 6.32. The van der Waals surface area contributed by atoms with E-state index < -0.39 is 11.5 Å². The molecule has 1 aromatic heterocycles. The highest BCUT2D eigenvalue weighted by Gasteiger charge is 2.15. The van der Waals surface area contributed by atoms with E-state index in [9.17, 15) is 9.18 Å². The van der Waals surface area contributed by atoms with Crippen molar-refractivity contribution in [3.63, 3.8) is 0 Å². The van der Waals surface area contributed by atoms with Crippen molar-refractivity contribution >= 4 is 11.6 Å². The van der Waals surface area contributed by atoms with Gasteiger partial charge >= 0.3 is 5.69 Å². The van der Waals surface area contributed by atoms with Gasteiger partial charge < -0.3 is 4.74 Å². The number of aromatic nitrogens is 4. The molecule has 8 heteroatoms. The van der Waals surface area contributed by atoms with Crippen LogP contribution in [0, 0.1) is 5.82 Å². The van der Waals surface area contributed by atoms with Crippen LogP contribution in [0.15, 0.2) is 16.9 Å². The first-order valence-corrected chi connectivity index (χ1v) is 6.02. The van der Waals surface area contributed by atoms with Gasteiger partial charge in [-0.25, -0.2) is 9.18 Å². The molecule has 0 spiro atoms. The molecule has 0 radical (unpaired) electrons. The summed E-state index contributed by atoms with van der Waals surface area (Å²) in [6, 6.07) is 2.38. The van der Waals surface area contributed by atoms with Crippen molar-refractivity contribution in [2.75, 3.05) is 7.11 Å². The predicted molar refractivity (Wildman–Crippen MR) is 67.4 cm³/mol. The Labute approximate surface area is 113 Å². The number of benzene rings is 1. The highest BCUT2D eigenvalue weighted by atomic mass is 35.5. The minimum atomic E-state index is -0.606. The van der Waals surface area contributed by atoms with Crippen molar-refractivity contribution in [3.8, 4) is 11.4 Å². The maximum absolute atomic E-state index is 13.4. The van der Waals surface area contributed by atoms with Gasteiger partial charge in [-0.3, -0.25) is 0 Å². The van der Waals surface area contributed by atoms with Crippen molar-refractivity contribution < 1.29 is 9.13 Å². The van der Waals surface area contributed by atoms with Gasteiger partial charge in [0, 0.05) is 12.6 Å². The molecule has 2 rings (SSSR count). The van der Waals surface area contributed by atoms with Crippen LogP contribution in [0.1, 0.15) is 13.3 Å². The number of ether oxygens (including phenoxy) is 1. The monoisotopic (exact) mass is 286 g/mol. The molecule has 0 amide bonds. The second-order valence-corrected chi connectivity index (χ2v) is 4.24. The molecule has 0 N–H and O–H groups in total. The number of rotatable bonds is 4. The Balaban J connectivity index is 2.56. The van der Waals surface area contributed by atoms with Gasteiger partial charge in [-0.05, 0) is 22.9 Å². The smallest absolute Gasteiger partial charge is 0.368 e. The van der Waals surface area contributed by atoms with E-state index in [2.05, 4.69) is 10.4 Å². The molecule has 0 fully saturated rings. The van der Waals surface area contributed by atoms with Gasteiger partial charge in [0.2, 0.25) is 0 Å². The molecular formula is C11H12ClFN4O2. The van der Waals surface area contributed by atoms with E-state index >= 15 is 0 Å². The normalized spacial score (nSPS) is 10.7. The molecule has 0 bridgehead atoms. The lowest BCUT2D eigenvalue weighted by molar-refractivity contribution is 0.386. The summed E-state index contributed by atoms with van der Waals surface area (Å²) in [5.74, 6) is -0.624. The Hall–Kier alpha value is -1.89. The topological polar surface area (TPSA) is 61.9 Å². The van der Waals surface area contributed by atoms with Crippen LogP contribution in [0.2, 0.25) is 5.02 Å². The molecular weight excluding hydrogens is 275 g/mol. The third-order valence-corrected chi connectivity index (χ3v) is 2.83. The molecule has 2 aromatic rings. The summed E-state index contributed by atoms with van der Waals surface area (Å²) >= 11 is 5.92. The lowest BCUT2D eigenvalue weighted by atomic mass is 10.3. The summed E-state index contributed by atoms with van der Waals surface area (Å²) in [4.78, 5) is 12.0. The molecule has 19 heavy (non-hydrogen) atoms. The van der Waals surface area contributed by atoms with E-state index in [1.165, 1.54) is 17.9 Å². The maximum atomic E-state index is 13.4. The lowest BCUT2D eigenvalue weighted by Crippen LogP contribution is -2.24. The molecule has 0 aliphatic carbocycles. The average molecular weight is 287 g/mol. The van der Waals surface area contributed by atoms with Crippen LogP contribution >= 0.6 is 11.6 Å². The van der Waals surface area contributed by atoms with Gasteiger partial charge in [-0.15, -0.1) is 0 Å². The number of hydrogen-bond acceptors (Lipinski definition) is 4. The summed E-state index contributed by atoms with van der Waals surface area (Å²) in [6.45, 7) is 2.37. The third kappa shape index (κ3) is 2.46. The molecule has 102 valence electrons. The fraction of sp³-hybridized carbons (Fsp3) is 0.364. The fourth-order valence-corrected chi connectivity index (χ4v) is 1.85. The summed E-state index contributed by atoms with van der Waals surface area (Å²) in [6.07, 6.45) is 0.749. The van der Waals surface area contributed by atoms with Crippen molar-refractivity contribution in [3.05, 3.63) is 33.5 Å². The first-order chi connectivity index (χ1) is 9.08. The number of methoxy groups -OCH3 is 1. The van der Waals surface area contributed by atoms with Crippen molar-refractivity contribution in [2.45, 2.75) is 19.9 Å². The van der Waals surface area contributed by atoms with Gasteiger partial charge in [-0.2, -0.15) is 9.36 Å². The van der Waals surface area contributed by atoms with E-state index in [1.807, 2.05) is 6.92 Å². The highest BCUT2D eigenvalue weighted by Crippen LogP contribution is 2.27. The summed E-state index contributed by atoms with van der Waals surface area (Å²) in [7, 11) is 1.33. The van der Waals surface area contributed by atoms with Crippen molar-refractivity contribution in [1.82, 2.24) is 19.8 Å². The molecule has 6 nitrogen and oxygen atoms in total. The third-order valence-electron chi connectivity index (χ3n) is 2.52. The van der Waals surface area contributed by atoms with Gasteiger partial charge in [0.15, 0.2) is 11.6 Å². The minimum Gasteiger partial charge on any atom is -0.494 e. The summed E-state index contributed by atoms with van der Waals surface area (Å²) in [5.41, 5.74) is -0.204. The predicted octanol–water partition coefficient (Wildman–Crippen LogP) is 1.64. The largest absolute Gasteiger partial charge is 0.494 e. The van der Waals surface area contributed by atoms with Crippen molar-refractivity contribution in [2.24, 2.45) is 0 Å². The van der Waals surface area contributed by atoms with Crippen LogP contribution in [0.4, 0.5) is 4.39 Å². The Kier molecular flexibility index (Phi) is 3.84. The van der Waals surface area contributed by atoms with E-state index in [0.29, 0.717) is 6.54 Å². The first kappa shape index (κ1) is 13.5. The maximum Gasteiger partial charge on any atom is 0.368 e. The number of tetrazole rings is 1. The fourth-order valence-electron chi connectivity index (χ4n) is 1.61. The second-order valence-electron chi connectivity index (χ2n) is 3.83. The number of halogens is 2. The molecule has 0 unspecified atom stereocenters. The molecule has 0 saturated carbocycles. The minimum absolute atomic E-state index is 0.0173. The zero-order chi connectivity index (χ0) is 14.0. The SMILES string of the molecule is CCCn1nnn(-c2cc(OC)c(F)cc2Cl)c1=O. The Morgan fingerprint density at radius 3 is 2.79 bits per heavy atom. The van der Waals surface area contributed by atoms with E-state index in [4.69, 9.17) is 16.3 Å². The van der Waals surface area contributed by atoms with E-state index in [1.54, 1.807) is 0 Å². The Morgan fingerprint density at radius 1 is 1.42 bits per heavy atom. The number of aryl methyl sites for hydroxylation is 1. The standard InChI is InChI=1S/C11H12ClFN4O2/c1-3-4-16-11(18)17(15-14-16)9-6-10(19-2)8(13)5-7(9)12/h5-6H,3-4H2,1-2H3. The van der Waals surface area contributed by atoms with Crippen LogP contribution in [0.5, 0.6) is 5.75 Å². The Morgan fingerprint density at radius 2 is 2.16 bits per heavy atom. The molecule has 0 aliphatic heterocycles. The quantitative estimate of drug-likeness (QED) is 0.857. The molecule has 0 atom stereocenters. The van der Waals surface area contributed by atoms with E-state index in [-0.39, 0.29) is 16.5 Å². The number of nitrogens with zero attached hydrogens (tertiary/aromatic N) is 4. The number of hydrogen-bond donors (Lipinski definition) is 0. The summed E-state index contributed by atoms with van der Waals surface area (Å²) in [5, 5.41) is 7.51.